The van der Waals surface area contributed by atoms with Crippen molar-refractivity contribution in [2.24, 2.45) is 11.8 Å². The van der Waals surface area contributed by atoms with Gasteiger partial charge in [0.15, 0.2) is 0 Å². The summed E-state index contributed by atoms with van der Waals surface area (Å²) in [4.78, 5) is 31.3. The minimum absolute atomic E-state index is 0.0139. The highest BCUT2D eigenvalue weighted by Gasteiger charge is 2.30. The van der Waals surface area contributed by atoms with Crippen LogP contribution in [-0.4, -0.2) is 84.9 Å². The summed E-state index contributed by atoms with van der Waals surface area (Å²) in [6, 6.07) is 0.195. The fourth-order valence-electron chi connectivity index (χ4n) is 3.68. The van der Waals surface area contributed by atoms with Crippen molar-refractivity contribution in [2.45, 2.75) is 46.6 Å². The Labute approximate surface area is 152 Å². The third-order valence-electron chi connectivity index (χ3n) is 5.66. The first-order chi connectivity index (χ1) is 11.9. The zero-order chi connectivity index (χ0) is 18.4. The number of hydrogen-bond donors (Lipinski definition) is 1. The highest BCUT2D eigenvalue weighted by molar-refractivity contribution is 5.78. The molecule has 0 aliphatic carbocycles. The van der Waals surface area contributed by atoms with Gasteiger partial charge in [-0.05, 0) is 18.9 Å². The highest BCUT2D eigenvalue weighted by Crippen LogP contribution is 2.18. The molecule has 2 saturated heterocycles. The maximum atomic E-state index is 12.5. The molecule has 6 heteroatoms. The first-order valence-corrected chi connectivity index (χ1v) is 9.93. The molecule has 2 aliphatic heterocycles. The van der Waals surface area contributed by atoms with Gasteiger partial charge < -0.3 is 20.0 Å². The lowest BCUT2D eigenvalue weighted by atomic mass is 9.93. The standard InChI is InChI=1S/C19H36N4O2/c1-5-21-10-12-22(13-11-21)8-7-18(24)23-9-6-17(16(4)14-23)20-19(25)15(2)3/h15-17H,5-14H2,1-4H3,(H,20,25). The molecule has 2 unspecified atom stereocenters. The second-order valence-electron chi connectivity index (χ2n) is 7.90. The number of carbonyl (C=O) groups excluding carboxylic acids is 2. The van der Waals surface area contributed by atoms with Crippen LogP contribution in [0, 0.1) is 11.8 Å². The van der Waals surface area contributed by atoms with E-state index in [1.165, 1.54) is 0 Å². The van der Waals surface area contributed by atoms with Crippen LogP contribution in [0.4, 0.5) is 0 Å². The molecule has 0 bridgehead atoms. The molecular weight excluding hydrogens is 316 g/mol. The van der Waals surface area contributed by atoms with Gasteiger partial charge >= 0.3 is 0 Å². The topological polar surface area (TPSA) is 55.9 Å². The summed E-state index contributed by atoms with van der Waals surface area (Å²) in [6.45, 7) is 16.0. The Morgan fingerprint density at radius 1 is 1.08 bits per heavy atom. The summed E-state index contributed by atoms with van der Waals surface area (Å²) < 4.78 is 0. The maximum Gasteiger partial charge on any atom is 0.223 e. The Morgan fingerprint density at radius 3 is 2.28 bits per heavy atom. The molecule has 25 heavy (non-hydrogen) atoms. The van der Waals surface area contributed by atoms with Gasteiger partial charge in [0.2, 0.25) is 11.8 Å². The number of likely N-dealkylation sites (N-methyl/N-ethyl adjacent to an activating group) is 1. The van der Waals surface area contributed by atoms with Gasteiger partial charge in [0.05, 0.1) is 0 Å². The van der Waals surface area contributed by atoms with Gasteiger partial charge in [0.25, 0.3) is 0 Å². The zero-order valence-electron chi connectivity index (χ0n) is 16.5. The molecule has 0 saturated carbocycles. The summed E-state index contributed by atoms with van der Waals surface area (Å²) in [7, 11) is 0. The van der Waals surface area contributed by atoms with E-state index in [0.717, 1.165) is 58.8 Å². The number of rotatable bonds is 6. The summed E-state index contributed by atoms with van der Waals surface area (Å²) in [6.07, 6.45) is 1.47. The highest BCUT2D eigenvalue weighted by atomic mass is 16.2. The lowest BCUT2D eigenvalue weighted by Gasteiger charge is -2.38. The van der Waals surface area contributed by atoms with Crippen molar-refractivity contribution in [2.75, 3.05) is 52.4 Å². The molecule has 1 N–H and O–H groups in total. The van der Waals surface area contributed by atoms with Crippen LogP contribution in [0.1, 0.15) is 40.5 Å². The monoisotopic (exact) mass is 352 g/mol. The van der Waals surface area contributed by atoms with Gasteiger partial charge in [-0.3, -0.25) is 9.59 Å². The number of piperazine rings is 1. The molecule has 2 amide bonds. The molecule has 144 valence electrons. The summed E-state index contributed by atoms with van der Waals surface area (Å²) in [5.74, 6) is 0.704. The van der Waals surface area contributed by atoms with E-state index in [2.05, 4.69) is 29.0 Å². The largest absolute Gasteiger partial charge is 0.353 e. The molecule has 0 spiro atoms. The van der Waals surface area contributed by atoms with Crippen molar-refractivity contribution in [3.05, 3.63) is 0 Å². The van der Waals surface area contributed by atoms with E-state index in [1.54, 1.807) is 0 Å². The van der Waals surface area contributed by atoms with E-state index in [4.69, 9.17) is 0 Å². The van der Waals surface area contributed by atoms with E-state index in [9.17, 15) is 9.59 Å². The zero-order valence-corrected chi connectivity index (χ0v) is 16.5. The van der Waals surface area contributed by atoms with E-state index in [1.807, 2.05) is 18.7 Å². The Hall–Kier alpha value is -1.14. The van der Waals surface area contributed by atoms with Crippen molar-refractivity contribution >= 4 is 11.8 Å². The second kappa shape index (κ2) is 9.53. The van der Waals surface area contributed by atoms with Crippen molar-refractivity contribution < 1.29 is 9.59 Å². The summed E-state index contributed by atoms with van der Waals surface area (Å²) in [5.41, 5.74) is 0. The Morgan fingerprint density at radius 2 is 1.72 bits per heavy atom. The maximum absolute atomic E-state index is 12.5. The SMILES string of the molecule is CCN1CCN(CCC(=O)N2CCC(NC(=O)C(C)C)C(C)C2)CC1. The van der Waals surface area contributed by atoms with E-state index >= 15 is 0 Å². The quantitative estimate of drug-likeness (QED) is 0.776. The molecule has 6 nitrogen and oxygen atoms in total. The minimum Gasteiger partial charge on any atom is -0.353 e. The minimum atomic E-state index is 0.0139. The number of carbonyl (C=O) groups is 2. The van der Waals surface area contributed by atoms with Crippen LogP contribution in [0.3, 0.4) is 0 Å². The Balaban J connectivity index is 1.70. The molecule has 2 atom stereocenters. The number of hydrogen-bond acceptors (Lipinski definition) is 4. The Kier molecular flexibility index (Phi) is 7.69. The Bertz CT molecular complexity index is 447. The predicted octanol–water partition coefficient (Wildman–Crippen LogP) is 1.02. The van der Waals surface area contributed by atoms with Crippen molar-refractivity contribution in [3.63, 3.8) is 0 Å². The average molecular weight is 353 g/mol. The van der Waals surface area contributed by atoms with Crippen LogP contribution in [-0.2, 0) is 9.59 Å². The smallest absolute Gasteiger partial charge is 0.223 e. The molecule has 0 aromatic heterocycles. The van der Waals surface area contributed by atoms with Gasteiger partial charge in [0, 0.05) is 64.2 Å². The summed E-state index contributed by atoms with van der Waals surface area (Å²) in [5, 5.41) is 3.13. The third kappa shape index (κ3) is 5.96. The van der Waals surface area contributed by atoms with Gasteiger partial charge in [-0.1, -0.05) is 27.7 Å². The lowest BCUT2D eigenvalue weighted by molar-refractivity contribution is -0.134. The van der Waals surface area contributed by atoms with Crippen molar-refractivity contribution in [1.29, 1.82) is 0 Å². The van der Waals surface area contributed by atoms with Gasteiger partial charge in [0.1, 0.15) is 0 Å². The van der Waals surface area contributed by atoms with Crippen LogP contribution in [0.2, 0.25) is 0 Å². The molecule has 0 radical (unpaired) electrons. The summed E-state index contributed by atoms with van der Waals surface area (Å²) >= 11 is 0. The van der Waals surface area contributed by atoms with Crippen LogP contribution >= 0.6 is 0 Å². The van der Waals surface area contributed by atoms with Crippen LogP contribution < -0.4 is 5.32 Å². The van der Waals surface area contributed by atoms with Crippen LogP contribution in [0.25, 0.3) is 0 Å². The lowest BCUT2D eigenvalue weighted by Crippen LogP contribution is -2.52. The van der Waals surface area contributed by atoms with Crippen LogP contribution in [0.15, 0.2) is 0 Å². The number of likely N-dealkylation sites (tertiary alicyclic amines) is 1. The molecule has 2 fully saturated rings. The van der Waals surface area contributed by atoms with E-state index < -0.39 is 0 Å². The first-order valence-electron chi connectivity index (χ1n) is 9.93. The predicted molar refractivity (Wildman–Crippen MR) is 100 cm³/mol. The number of amides is 2. The first kappa shape index (κ1) is 20.2. The fourth-order valence-corrected chi connectivity index (χ4v) is 3.68. The van der Waals surface area contributed by atoms with Crippen LogP contribution in [0.5, 0.6) is 0 Å². The van der Waals surface area contributed by atoms with Crippen molar-refractivity contribution in [1.82, 2.24) is 20.0 Å². The number of nitrogens with zero attached hydrogens (tertiary/aromatic N) is 3. The van der Waals surface area contributed by atoms with Gasteiger partial charge in [-0.15, -0.1) is 0 Å². The normalized spacial score (nSPS) is 26.0. The third-order valence-corrected chi connectivity index (χ3v) is 5.66. The van der Waals surface area contributed by atoms with E-state index in [-0.39, 0.29) is 23.8 Å². The average Bonchev–Trinajstić information content (AvgIpc) is 2.61. The van der Waals surface area contributed by atoms with Gasteiger partial charge in [-0.2, -0.15) is 0 Å². The van der Waals surface area contributed by atoms with Gasteiger partial charge in [-0.25, -0.2) is 0 Å². The fraction of sp³-hybridized carbons (Fsp3) is 0.895. The molecule has 0 aromatic rings. The second-order valence-corrected chi connectivity index (χ2v) is 7.90. The molecule has 0 aromatic carbocycles. The van der Waals surface area contributed by atoms with Crippen molar-refractivity contribution in [3.8, 4) is 0 Å². The number of nitrogens with one attached hydrogen (secondary N) is 1. The molecular formula is C19H36N4O2. The molecule has 2 rings (SSSR count). The molecule has 2 aliphatic rings. The number of piperidine rings is 1. The molecule has 2 heterocycles. The van der Waals surface area contributed by atoms with E-state index in [0.29, 0.717) is 12.3 Å².